The Morgan fingerprint density at radius 2 is 2.22 bits per heavy atom. The fraction of sp³-hybridized carbons (Fsp3) is 0.500. The van der Waals surface area contributed by atoms with Crippen LogP contribution in [0.3, 0.4) is 0 Å². The van der Waals surface area contributed by atoms with Gasteiger partial charge in [0, 0.05) is 6.04 Å². The minimum atomic E-state index is -0.926. The second-order valence-corrected chi connectivity index (χ2v) is 4.74. The van der Waals surface area contributed by atoms with E-state index in [1.54, 1.807) is 23.9 Å². The summed E-state index contributed by atoms with van der Waals surface area (Å²) in [5.74, 6) is 0.376. The van der Waals surface area contributed by atoms with Crippen LogP contribution in [0.5, 0.6) is 0 Å². The molecule has 5 nitrogen and oxygen atoms in total. The summed E-state index contributed by atoms with van der Waals surface area (Å²) in [4.78, 5) is 22.4. The molecule has 1 atom stereocenters. The fourth-order valence-electron chi connectivity index (χ4n) is 1.48. The molecule has 0 aromatic carbocycles. The van der Waals surface area contributed by atoms with Gasteiger partial charge in [0.1, 0.15) is 5.76 Å². The van der Waals surface area contributed by atoms with Crippen LogP contribution in [0.25, 0.3) is 0 Å². The van der Waals surface area contributed by atoms with E-state index in [9.17, 15) is 9.59 Å². The molecule has 1 rings (SSSR count). The summed E-state index contributed by atoms with van der Waals surface area (Å²) >= 11 is 1.60. The van der Waals surface area contributed by atoms with Gasteiger partial charge in [-0.25, -0.2) is 0 Å². The first-order valence-corrected chi connectivity index (χ1v) is 7.06. The van der Waals surface area contributed by atoms with Gasteiger partial charge in [-0.2, -0.15) is 11.8 Å². The zero-order valence-electron chi connectivity index (χ0n) is 10.4. The van der Waals surface area contributed by atoms with Crippen LogP contribution in [0.4, 0.5) is 0 Å². The summed E-state index contributed by atoms with van der Waals surface area (Å²) in [5.41, 5.74) is 0. The largest absolute Gasteiger partial charge is 0.481 e. The fourth-order valence-corrected chi connectivity index (χ4v) is 1.92. The molecule has 0 fully saturated rings. The zero-order chi connectivity index (χ0) is 13.5. The van der Waals surface area contributed by atoms with Gasteiger partial charge < -0.3 is 14.8 Å². The lowest BCUT2D eigenvalue weighted by Gasteiger charge is -2.13. The lowest BCUT2D eigenvalue weighted by molar-refractivity contribution is -0.137. The van der Waals surface area contributed by atoms with Crippen molar-refractivity contribution in [3.8, 4) is 0 Å². The normalized spacial score (nSPS) is 12.1. The minimum absolute atomic E-state index is 0.0827. The predicted molar refractivity (Wildman–Crippen MR) is 69.7 cm³/mol. The topological polar surface area (TPSA) is 79.5 Å². The van der Waals surface area contributed by atoms with Gasteiger partial charge in [-0.15, -0.1) is 0 Å². The van der Waals surface area contributed by atoms with Crippen molar-refractivity contribution in [2.75, 3.05) is 6.26 Å². The first-order chi connectivity index (χ1) is 8.56. The number of amides is 1. The van der Waals surface area contributed by atoms with Crippen LogP contribution in [0.15, 0.2) is 16.5 Å². The first-order valence-electron chi connectivity index (χ1n) is 5.67. The van der Waals surface area contributed by atoms with Gasteiger partial charge in [0.25, 0.3) is 5.91 Å². The number of nitrogens with one attached hydrogen (secondary N) is 1. The number of hydrogen-bond acceptors (Lipinski definition) is 4. The van der Waals surface area contributed by atoms with Gasteiger partial charge in [-0.3, -0.25) is 9.59 Å². The Labute approximate surface area is 110 Å². The molecule has 1 heterocycles. The van der Waals surface area contributed by atoms with Gasteiger partial charge in [-0.1, -0.05) is 6.92 Å². The maximum Gasteiger partial charge on any atom is 0.305 e. The van der Waals surface area contributed by atoms with Crippen molar-refractivity contribution in [2.24, 2.45) is 0 Å². The van der Waals surface area contributed by atoms with Crippen molar-refractivity contribution in [1.82, 2.24) is 5.32 Å². The highest BCUT2D eigenvalue weighted by molar-refractivity contribution is 7.97. The van der Waals surface area contributed by atoms with E-state index in [1.165, 1.54) is 0 Å². The molecule has 1 unspecified atom stereocenters. The van der Waals surface area contributed by atoms with Crippen LogP contribution in [0.1, 0.15) is 36.1 Å². The minimum Gasteiger partial charge on any atom is -0.481 e. The molecule has 1 aromatic heterocycles. The molecule has 1 aromatic rings. The molecule has 0 aliphatic heterocycles. The number of rotatable bonds is 7. The van der Waals surface area contributed by atoms with Crippen LogP contribution >= 0.6 is 11.8 Å². The number of carbonyl (C=O) groups is 2. The molecule has 0 bridgehead atoms. The van der Waals surface area contributed by atoms with Crippen molar-refractivity contribution in [2.45, 2.75) is 31.6 Å². The molecule has 18 heavy (non-hydrogen) atoms. The van der Waals surface area contributed by atoms with Gasteiger partial charge >= 0.3 is 5.97 Å². The smallest absolute Gasteiger partial charge is 0.305 e. The number of carbonyl (C=O) groups excluding carboxylic acids is 1. The molecular formula is C12H17NO4S. The van der Waals surface area contributed by atoms with Gasteiger partial charge in [0.2, 0.25) is 0 Å². The van der Waals surface area contributed by atoms with Crippen LogP contribution in [-0.2, 0) is 10.5 Å². The number of carboxylic acid groups (broad SMARTS) is 1. The number of thioether (sulfide) groups is 1. The molecule has 0 saturated heterocycles. The maximum atomic E-state index is 11.8. The average molecular weight is 271 g/mol. The summed E-state index contributed by atoms with van der Waals surface area (Å²) in [5, 5.41) is 11.3. The second-order valence-electron chi connectivity index (χ2n) is 3.88. The molecule has 1 amide bonds. The van der Waals surface area contributed by atoms with Crippen molar-refractivity contribution < 1.29 is 19.1 Å². The third-order valence-corrected chi connectivity index (χ3v) is 2.99. The molecular weight excluding hydrogens is 254 g/mol. The van der Waals surface area contributed by atoms with E-state index in [1.807, 2.05) is 13.2 Å². The van der Waals surface area contributed by atoms with Gasteiger partial charge in [0.05, 0.1) is 12.2 Å². The third kappa shape index (κ3) is 4.44. The van der Waals surface area contributed by atoms with Crippen molar-refractivity contribution in [3.63, 3.8) is 0 Å². The maximum absolute atomic E-state index is 11.8. The summed E-state index contributed by atoms with van der Waals surface area (Å²) in [7, 11) is 0. The average Bonchev–Trinajstić information content (AvgIpc) is 2.76. The number of carboxylic acids is 1. The van der Waals surface area contributed by atoms with Crippen molar-refractivity contribution in [3.05, 3.63) is 23.7 Å². The Kier molecular flexibility index (Phi) is 5.77. The van der Waals surface area contributed by atoms with E-state index in [4.69, 9.17) is 9.52 Å². The van der Waals surface area contributed by atoms with Crippen molar-refractivity contribution >= 4 is 23.6 Å². The van der Waals surface area contributed by atoms with E-state index in [-0.39, 0.29) is 24.1 Å². The van der Waals surface area contributed by atoms with E-state index in [0.29, 0.717) is 12.2 Å². The summed E-state index contributed by atoms with van der Waals surface area (Å²) in [6, 6.07) is 2.99. The summed E-state index contributed by atoms with van der Waals surface area (Å²) < 4.78 is 5.36. The molecule has 2 N–H and O–H groups in total. The SMILES string of the molecule is CCC(CC(=O)O)NC(=O)c1ccc(CSC)o1. The lowest BCUT2D eigenvalue weighted by atomic mass is 10.1. The first kappa shape index (κ1) is 14.6. The quantitative estimate of drug-likeness (QED) is 0.794. The second kappa shape index (κ2) is 7.10. The highest BCUT2D eigenvalue weighted by atomic mass is 32.2. The third-order valence-electron chi connectivity index (χ3n) is 2.42. The Balaban J connectivity index is 2.59. The number of hydrogen-bond donors (Lipinski definition) is 2. The van der Waals surface area contributed by atoms with Gasteiger partial charge in [0.15, 0.2) is 5.76 Å². The molecule has 0 spiro atoms. The molecule has 100 valence electrons. The van der Waals surface area contributed by atoms with Crippen LogP contribution in [0.2, 0.25) is 0 Å². The van der Waals surface area contributed by atoms with E-state index >= 15 is 0 Å². The Bertz CT molecular complexity index is 416. The van der Waals surface area contributed by atoms with Crippen LogP contribution in [-0.4, -0.2) is 29.3 Å². The number of furan rings is 1. The van der Waals surface area contributed by atoms with E-state index < -0.39 is 5.97 Å². The monoisotopic (exact) mass is 271 g/mol. The highest BCUT2D eigenvalue weighted by Crippen LogP contribution is 2.13. The summed E-state index contributed by atoms with van der Waals surface area (Å²) in [6.07, 6.45) is 2.43. The summed E-state index contributed by atoms with van der Waals surface area (Å²) in [6.45, 7) is 1.83. The Morgan fingerprint density at radius 1 is 1.50 bits per heavy atom. The van der Waals surface area contributed by atoms with Crippen molar-refractivity contribution in [1.29, 1.82) is 0 Å². The highest BCUT2D eigenvalue weighted by Gasteiger charge is 2.17. The predicted octanol–water partition coefficient (Wildman–Crippen LogP) is 2.13. The van der Waals surface area contributed by atoms with Gasteiger partial charge in [-0.05, 0) is 24.8 Å². The number of aliphatic carboxylic acids is 1. The Morgan fingerprint density at radius 3 is 2.78 bits per heavy atom. The lowest BCUT2D eigenvalue weighted by Crippen LogP contribution is -2.35. The van der Waals surface area contributed by atoms with Crippen LogP contribution in [0, 0.1) is 0 Å². The van der Waals surface area contributed by atoms with E-state index in [0.717, 1.165) is 5.76 Å². The Hall–Kier alpha value is -1.43. The van der Waals surface area contributed by atoms with Crippen LogP contribution < -0.4 is 5.32 Å². The molecule has 0 aliphatic carbocycles. The van der Waals surface area contributed by atoms with E-state index in [2.05, 4.69) is 5.32 Å². The molecule has 0 saturated carbocycles. The molecule has 0 aliphatic rings. The standard InChI is InChI=1S/C12H17NO4S/c1-3-8(6-11(14)15)13-12(16)10-5-4-9(17-10)7-18-2/h4-5,8H,3,6-7H2,1-2H3,(H,13,16)(H,14,15). The molecule has 0 radical (unpaired) electrons. The molecule has 6 heteroatoms. The zero-order valence-corrected chi connectivity index (χ0v) is 11.3.